The SMILES string of the molecule is O=C(CC1CCC(F)(F)CC1)C(=O)N1CCC(c2ccnc3ccc(F)cc23)CC1. The van der Waals surface area contributed by atoms with Crippen LogP contribution in [0.3, 0.4) is 0 Å². The first-order valence-corrected chi connectivity index (χ1v) is 10.6. The van der Waals surface area contributed by atoms with Gasteiger partial charge in [-0.3, -0.25) is 14.6 Å². The molecule has 160 valence electrons. The molecule has 1 amide bonds. The van der Waals surface area contributed by atoms with Gasteiger partial charge in [-0.2, -0.15) is 0 Å². The summed E-state index contributed by atoms with van der Waals surface area (Å²) in [5.41, 5.74) is 1.75. The lowest BCUT2D eigenvalue weighted by molar-refractivity contribution is -0.146. The summed E-state index contributed by atoms with van der Waals surface area (Å²) in [6, 6.07) is 6.44. The van der Waals surface area contributed by atoms with E-state index in [1.807, 2.05) is 6.07 Å². The van der Waals surface area contributed by atoms with Crippen LogP contribution >= 0.6 is 0 Å². The van der Waals surface area contributed by atoms with Crippen LogP contribution in [0, 0.1) is 11.7 Å². The molecule has 0 unspecified atom stereocenters. The quantitative estimate of drug-likeness (QED) is 0.666. The van der Waals surface area contributed by atoms with Crippen molar-refractivity contribution in [3.05, 3.63) is 41.8 Å². The molecule has 1 aliphatic carbocycles. The van der Waals surface area contributed by atoms with Crippen molar-refractivity contribution in [2.24, 2.45) is 5.92 Å². The number of ketones is 1. The minimum absolute atomic E-state index is 0.0586. The number of fused-ring (bicyclic) bond motifs is 1. The van der Waals surface area contributed by atoms with Gasteiger partial charge < -0.3 is 4.90 Å². The van der Waals surface area contributed by atoms with Gasteiger partial charge >= 0.3 is 0 Å². The van der Waals surface area contributed by atoms with Crippen LogP contribution in [-0.2, 0) is 9.59 Å². The number of halogens is 3. The lowest BCUT2D eigenvalue weighted by Gasteiger charge is -2.33. The van der Waals surface area contributed by atoms with Crippen molar-refractivity contribution in [3.63, 3.8) is 0 Å². The van der Waals surface area contributed by atoms with Crippen LogP contribution in [0.2, 0.25) is 0 Å². The Morgan fingerprint density at radius 3 is 2.47 bits per heavy atom. The molecule has 0 radical (unpaired) electrons. The average Bonchev–Trinajstić information content (AvgIpc) is 2.74. The first-order valence-electron chi connectivity index (χ1n) is 10.6. The molecular formula is C23H25F3N2O2. The van der Waals surface area contributed by atoms with E-state index in [1.165, 1.54) is 12.1 Å². The molecule has 1 aliphatic heterocycles. The van der Waals surface area contributed by atoms with Gasteiger partial charge in [0.2, 0.25) is 11.7 Å². The van der Waals surface area contributed by atoms with Crippen LogP contribution in [0.1, 0.15) is 56.4 Å². The molecule has 4 nitrogen and oxygen atoms in total. The maximum absolute atomic E-state index is 13.7. The third-order valence-corrected chi connectivity index (χ3v) is 6.51. The van der Waals surface area contributed by atoms with Crippen LogP contribution in [0.25, 0.3) is 10.9 Å². The molecule has 4 rings (SSSR count). The summed E-state index contributed by atoms with van der Waals surface area (Å²) >= 11 is 0. The summed E-state index contributed by atoms with van der Waals surface area (Å²) in [4.78, 5) is 30.8. The monoisotopic (exact) mass is 418 g/mol. The number of carbonyl (C=O) groups excluding carboxylic acids is 2. The van der Waals surface area contributed by atoms with Crippen LogP contribution < -0.4 is 0 Å². The third-order valence-electron chi connectivity index (χ3n) is 6.51. The number of amides is 1. The second-order valence-electron chi connectivity index (χ2n) is 8.55. The van der Waals surface area contributed by atoms with Crippen LogP contribution in [0.5, 0.6) is 0 Å². The van der Waals surface area contributed by atoms with E-state index in [2.05, 4.69) is 4.98 Å². The number of benzene rings is 1. The average molecular weight is 418 g/mol. The van der Waals surface area contributed by atoms with Gasteiger partial charge in [-0.05, 0) is 67.3 Å². The van der Waals surface area contributed by atoms with E-state index in [4.69, 9.17) is 0 Å². The summed E-state index contributed by atoms with van der Waals surface area (Å²) < 4.78 is 40.3. The predicted molar refractivity (Wildman–Crippen MR) is 107 cm³/mol. The zero-order valence-corrected chi connectivity index (χ0v) is 16.8. The Morgan fingerprint density at radius 1 is 1.07 bits per heavy atom. The van der Waals surface area contributed by atoms with Gasteiger partial charge in [0.15, 0.2) is 0 Å². The normalized spacial score (nSPS) is 20.4. The second-order valence-corrected chi connectivity index (χ2v) is 8.55. The van der Waals surface area contributed by atoms with Gasteiger partial charge in [-0.1, -0.05) is 0 Å². The Bertz CT molecular complexity index is 945. The number of hydrogen-bond donors (Lipinski definition) is 0. The summed E-state index contributed by atoms with van der Waals surface area (Å²) in [5, 5.41) is 0.785. The fraction of sp³-hybridized carbons (Fsp3) is 0.522. The van der Waals surface area contributed by atoms with Gasteiger partial charge in [0.25, 0.3) is 5.91 Å². The number of alkyl halides is 2. The van der Waals surface area contributed by atoms with Gasteiger partial charge in [-0.15, -0.1) is 0 Å². The highest BCUT2D eigenvalue weighted by atomic mass is 19.3. The molecule has 0 bridgehead atoms. The topological polar surface area (TPSA) is 50.3 Å². The first-order chi connectivity index (χ1) is 14.3. The molecular weight excluding hydrogens is 393 g/mol. The van der Waals surface area contributed by atoms with E-state index in [0.717, 1.165) is 16.5 Å². The molecule has 30 heavy (non-hydrogen) atoms. The minimum atomic E-state index is -2.63. The Balaban J connectivity index is 1.35. The van der Waals surface area contributed by atoms with Gasteiger partial charge in [-0.25, -0.2) is 13.2 Å². The Kier molecular flexibility index (Phi) is 5.80. The number of piperidine rings is 1. The highest BCUT2D eigenvalue weighted by molar-refractivity contribution is 6.36. The molecule has 0 N–H and O–H groups in total. The maximum Gasteiger partial charge on any atom is 0.289 e. The molecule has 0 atom stereocenters. The van der Waals surface area contributed by atoms with Crippen molar-refractivity contribution in [1.82, 2.24) is 9.88 Å². The van der Waals surface area contributed by atoms with Crippen molar-refractivity contribution >= 4 is 22.6 Å². The van der Waals surface area contributed by atoms with E-state index in [9.17, 15) is 22.8 Å². The largest absolute Gasteiger partial charge is 0.336 e. The Hall–Kier alpha value is -2.44. The lowest BCUT2D eigenvalue weighted by Crippen LogP contribution is -2.42. The predicted octanol–water partition coefficient (Wildman–Crippen LogP) is 4.86. The zero-order chi connectivity index (χ0) is 21.3. The third kappa shape index (κ3) is 4.50. The molecule has 1 saturated carbocycles. The number of pyridine rings is 1. The number of carbonyl (C=O) groups is 2. The molecule has 2 heterocycles. The van der Waals surface area contributed by atoms with Crippen molar-refractivity contribution in [2.45, 2.75) is 56.8 Å². The van der Waals surface area contributed by atoms with Crippen molar-refractivity contribution < 1.29 is 22.8 Å². The van der Waals surface area contributed by atoms with E-state index in [-0.39, 0.29) is 36.9 Å². The first kappa shape index (κ1) is 20.8. The van der Waals surface area contributed by atoms with Gasteiger partial charge in [0.1, 0.15) is 5.82 Å². The number of Topliss-reactive ketones (excluding diaryl/α,β-unsaturated/α-hetero) is 1. The minimum Gasteiger partial charge on any atom is -0.336 e. The highest BCUT2D eigenvalue weighted by Gasteiger charge is 2.37. The maximum atomic E-state index is 13.7. The molecule has 0 spiro atoms. The van der Waals surface area contributed by atoms with Crippen molar-refractivity contribution in [2.75, 3.05) is 13.1 Å². The van der Waals surface area contributed by atoms with Crippen molar-refractivity contribution in [3.8, 4) is 0 Å². The molecule has 2 fully saturated rings. The Labute approximate surface area is 173 Å². The van der Waals surface area contributed by atoms with Crippen LogP contribution in [-0.4, -0.2) is 40.6 Å². The summed E-state index contributed by atoms with van der Waals surface area (Å²) in [7, 11) is 0. The van der Waals surface area contributed by atoms with E-state index in [1.54, 1.807) is 17.2 Å². The van der Waals surface area contributed by atoms with Crippen molar-refractivity contribution in [1.29, 1.82) is 0 Å². The number of nitrogens with zero attached hydrogens (tertiary/aromatic N) is 2. The van der Waals surface area contributed by atoms with Crippen LogP contribution in [0.4, 0.5) is 13.2 Å². The molecule has 1 saturated heterocycles. The summed E-state index contributed by atoms with van der Waals surface area (Å²) in [5.74, 6) is -3.88. The fourth-order valence-corrected chi connectivity index (χ4v) is 4.72. The molecule has 2 aromatic rings. The van der Waals surface area contributed by atoms with Crippen LogP contribution in [0.15, 0.2) is 30.5 Å². The molecule has 1 aromatic carbocycles. The Morgan fingerprint density at radius 2 is 1.77 bits per heavy atom. The second kappa shape index (κ2) is 8.36. The number of hydrogen-bond acceptors (Lipinski definition) is 3. The number of aromatic nitrogens is 1. The van der Waals surface area contributed by atoms with E-state index < -0.39 is 17.6 Å². The standard InChI is InChI=1S/C23H25F3N2O2/c24-17-1-2-20-19(14-17)18(5-10-27-20)16-6-11-28(12-7-16)22(30)21(29)13-15-3-8-23(25,26)9-4-15/h1-2,5,10,14-16H,3-4,6-9,11-13H2. The van der Waals surface area contributed by atoms with E-state index in [0.29, 0.717) is 38.8 Å². The number of rotatable bonds is 4. The molecule has 2 aliphatic rings. The highest BCUT2D eigenvalue weighted by Crippen LogP contribution is 2.38. The van der Waals surface area contributed by atoms with Gasteiger partial charge in [0, 0.05) is 43.9 Å². The summed E-state index contributed by atoms with van der Waals surface area (Å²) in [6.07, 6.45) is 3.32. The smallest absolute Gasteiger partial charge is 0.289 e. The van der Waals surface area contributed by atoms with E-state index >= 15 is 0 Å². The fourth-order valence-electron chi connectivity index (χ4n) is 4.72. The number of likely N-dealkylation sites (tertiary alicyclic amines) is 1. The molecule has 7 heteroatoms. The zero-order valence-electron chi connectivity index (χ0n) is 16.8. The lowest BCUT2D eigenvalue weighted by atomic mass is 9.83. The summed E-state index contributed by atoms with van der Waals surface area (Å²) in [6.45, 7) is 0.911. The van der Waals surface area contributed by atoms with Gasteiger partial charge in [0.05, 0.1) is 5.52 Å². The molecule has 1 aromatic heterocycles.